The molecule has 3 fully saturated rings. The minimum absolute atomic E-state index is 0.0593. The number of esters is 4. The summed E-state index contributed by atoms with van der Waals surface area (Å²) in [5.41, 5.74) is -6.89. The molecule has 4 N–H and O–H groups in total. The summed E-state index contributed by atoms with van der Waals surface area (Å²) >= 11 is 0. The van der Waals surface area contributed by atoms with E-state index in [-0.39, 0.29) is 30.6 Å². The molecular formula is C43H55NO14. The maximum atomic E-state index is 15.2. The average Bonchev–Trinajstić information content (AvgIpc) is 3.17. The Bertz CT molecular complexity index is 1920. The molecule has 15 heteroatoms. The van der Waals surface area contributed by atoms with E-state index in [0.29, 0.717) is 11.1 Å². The Morgan fingerprint density at radius 1 is 1.03 bits per heavy atom. The fourth-order valence-corrected chi connectivity index (χ4v) is 9.45. The molecule has 1 aromatic carbocycles. The van der Waals surface area contributed by atoms with Crippen molar-refractivity contribution in [3.8, 4) is 0 Å². The summed E-state index contributed by atoms with van der Waals surface area (Å²) in [6, 6.07) is 6.98. The Labute approximate surface area is 337 Å². The second-order valence-corrected chi connectivity index (χ2v) is 16.4. The number of amides is 1. The number of aliphatic hydroxyl groups is 3. The monoisotopic (exact) mass is 809 g/mol. The lowest BCUT2D eigenvalue weighted by molar-refractivity contribution is -0.347. The van der Waals surface area contributed by atoms with E-state index < -0.39 is 113 Å². The first kappa shape index (κ1) is 44.4. The van der Waals surface area contributed by atoms with Crippen LogP contribution in [0, 0.1) is 16.7 Å². The van der Waals surface area contributed by atoms with Crippen LogP contribution >= 0.6 is 0 Å². The Balaban J connectivity index is 1.71. The lowest BCUT2D eigenvalue weighted by atomic mass is 9.44. The van der Waals surface area contributed by atoms with Crippen LogP contribution in [0.15, 0.2) is 65.3 Å². The van der Waals surface area contributed by atoms with Gasteiger partial charge in [0, 0.05) is 43.3 Å². The molecule has 316 valence electrons. The number of carbonyl (C=O) groups is 6. The molecule has 0 radical (unpaired) electrons. The average molecular weight is 810 g/mol. The number of ether oxygens (including phenoxy) is 5. The molecule has 4 aliphatic rings. The summed E-state index contributed by atoms with van der Waals surface area (Å²) in [6.07, 6.45) is -6.22. The summed E-state index contributed by atoms with van der Waals surface area (Å²) in [4.78, 5) is 81.7. The lowest BCUT2D eigenvalue weighted by Crippen LogP contribution is -2.82. The summed E-state index contributed by atoms with van der Waals surface area (Å²) in [7, 11) is 0. The number of fused-ring (bicyclic) bond motifs is 5. The van der Waals surface area contributed by atoms with Gasteiger partial charge in [0.25, 0.3) is 0 Å². The number of aliphatic hydroxyl groups excluding tert-OH is 2. The Kier molecular flexibility index (Phi) is 12.6. The number of nitrogens with one attached hydrogen (secondary N) is 1. The molecule has 1 heterocycles. The predicted octanol–water partition coefficient (Wildman–Crippen LogP) is 3.04. The number of carbonyl (C=O) groups excluding carboxylic acids is 6. The van der Waals surface area contributed by atoms with E-state index in [2.05, 4.69) is 5.32 Å². The molecule has 1 aliphatic heterocycles. The molecule has 11 atom stereocenters. The fraction of sp³-hybridized carbons (Fsp3) is 0.581. The second-order valence-electron chi connectivity index (χ2n) is 16.4. The topological polar surface area (TPSA) is 221 Å². The van der Waals surface area contributed by atoms with Crippen molar-refractivity contribution in [3.05, 3.63) is 70.8 Å². The van der Waals surface area contributed by atoms with E-state index in [1.54, 1.807) is 78.0 Å². The van der Waals surface area contributed by atoms with Crippen LogP contribution < -0.4 is 5.32 Å². The third kappa shape index (κ3) is 7.30. The number of hydrogen-bond donors (Lipinski definition) is 4. The first-order chi connectivity index (χ1) is 27.2. The van der Waals surface area contributed by atoms with Crippen LogP contribution in [0.3, 0.4) is 0 Å². The van der Waals surface area contributed by atoms with Crippen LogP contribution in [0.5, 0.6) is 0 Å². The van der Waals surface area contributed by atoms with Gasteiger partial charge in [0.1, 0.15) is 36.1 Å². The van der Waals surface area contributed by atoms with Gasteiger partial charge in [0.05, 0.1) is 24.0 Å². The predicted molar refractivity (Wildman–Crippen MR) is 205 cm³/mol. The maximum Gasteiger partial charge on any atom is 0.338 e. The number of ketones is 1. The van der Waals surface area contributed by atoms with E-state index in [0.717, 1.165) is 13.0 Å². The number of rotatable bonds is 11. The zero-order valence-electron chi connectivity index (χ0n) is 34.4. The van der Waals surface area contributed by atoms with Crippen LogP contribution in [0.1, 0.15) is 93.2 Å². The van der Waals surface area contributed by atoms with Gasteiger partial charge in [-0.25, -0.2) is 9.59 Å². The van der Waals surface area contributed by atoms with Crippen molar-refractivity contribution in [2.45, 2.75) is 135 Å². The van der Waals surface area contributed by atoms with Crippen molar-refractivity contribution in [1.29, 1.82) is 0 Å². The van der Waals surface area contributed by atoms with Crippen molar-refractivity contribution in [2.24, 2.45) is 16.7 Å². The first-order valence-corrected chi connectivity index (χ1v) is 19.5. The van der Waals surface area contributed by atoms with E-state index >= 15 is 4.79 Å². The molecule has 1 unspecified atom stereocenters. The van der Waals surface area contributed by atoms with Gasteiger partial charge in [0.2, 0.25) is 5.91 Å². The third-order valence-electron chi connectivity index (χ3n) is 12.8. The fourth-order valence-electron chi connectivity index (χ4n) is 9.45. The van der Waals surface area contributed by atoms with Crippen LogP contribution in [-0.2, 0) is 52.5 Å². The van der Waals surface area contributed by atoms with E-state index in [4.69, 9.17) is 23.7 Å². The van der Waals surface area contributed by atoms with Gasteiger partial charge >= 0.3 is 23.9 Å². The molecule has 0 aromatic heterocycles. The number of Topliss-reactive ketones (excluding diaryl/α,β-unsaturated/α-hetero) is 1. The van der Waals surface area contributed by atoms with Gasteiger partial charge in [-0.1, -0.05) is 63.3 Å². The molecule has 58 heavy (non-hydrogen) atoms. The molecular weight excluding hydrogens is 754 g/mol. The van der Waals surface area contributed by atoms with E-state index in [1.165, 1.54) is 19.9 Å². The highest BCUT2D eigenvalue weighted by atomic mass is 16.6. The molecule has 15 nitrogen and oxygen atoms in total. The number of hydrogen-bond acceptors (Lipinski definition) is 14. The quantitative estimate of drug-likeness (QED) is 0.109. The minimum Gasteiger partial charge on any atom is -0.461 e. The van der Waals surface area contributed by atoms with Crippen LogP contribution in [0.2, 0.25) is 0 Å². The van der Waals surface area contributed by atoms with Crippen molar-refractivity contribution in [1.82, 2.24) is 5.32 Å². The summed E-state index contributed by atoms with van der Waals surface area (Å²) < 4.78 is 30.0. The highest BCUT2D eigenvalue weighted by Crippen LogP contribution is 2.64. The highest BCUT2D eigenvalue weighted by Gasteiger charge is 2.78. The highest BCUT2D eigenvalue weighted by molar-refractivity contribution is 5.94. The smallest absolute Gasteiger partial charge is 0.338 e. The number of allylic oxidation sites excluding steroid dienone is 2. The van der Waals surface area contributed by atoms with E-state index in [1.807, 2.05) is 0 Å². The lowest BCUT2D eigenvalue weighted by Gasteiger charge is -2.67. The van der Waals surface area contributed by atoms with Crippen molar-refractivity contribution < 1.29 is 67.8 Å². The second kappa shape index (κ2) is 16.5. The van der Waals surface area contributed by atoms with Gasteiger partial charge in [-0.15, -0.1) is 0 Å². The van der Waals surface area contributed by atoms with Crippen LogP contribution in [0.4, 0.5) is 0 Å². The summed E-state index contributed by atoms with van der Waals surface area (Å²) in [5, 5.41) is 40.0. The minimum atomic E-state index is -2.34. The molecule has 5 rings (SSSR count). The Morgan fingerprint density at radius 3 is 2.24 bits per heavy atom. The standard InChI is InChI=1S/C43H55NO14/c1-10-16-30(47)57-37-35-41(9,27(56-29(46)12-3)19-28-42(35,21-54-28)58-24(6)45)36(50)33(48)31-23(5)26(20-43(37,53)40(31,7)8)55-39(52)34(49)32(25-17-14-13-15-18-25)44-38(51)22(4)11-2/h10-11,13-18,26-28,32-35,37,48-49,53H,12,19-21H2,1-9H3,(H,44,51)/b16-10+,22-11+/t26-,27-,28+,32-,33+,34+,35?,37-,41+,42-,43+/m0/s1. The number of benzene rings is 1. The summed E-state index contributed by atoms with van der Waals surface area (Å²) in [5.74, 6) is -6.56. The van der Waals surface area contributed by atoms with Crippen molar-refractivity contribution >= 4 is 35.6 Å². The summed E-state index contributed by atoms with van der Waals surface area (Å²) in [6.45, 7) is 13.2. The Hall–Kier alpha value is -4.70. The van der Waals surface area contributed by atoms with Crippen LogP contribution in [-0.4, -0.2) is 105 Å². The molecule has 0 spiro atoms. The SMILES string of the molecule is C/C=C/C(=O)O[C@H]1C2[C@](C)(C(=O)[C@H](O)C3=C(C)[C@@H](OC(=O)[C@H](O)[C@@H](NC(=O)/C(C)=C/C)c4ccccc4)C[C@]1(O)C3(C)C)[C@@H](OC(=O)CC)C[C@H]1OC[C@@]21OC(C)=O. The van der Waals surface area contributed by atoms with Gasteiger partial charge in [-0.2, -0.15) is 0 Å². The van der Waals surface area contributed by atoms with Gasteiger partial charge in [-0.05, 0) is 51.3 Å². The molecule has 2 saturated carbocycles. The normalized spacial score (nSPS) is 33.9. The first-order valence-electron chi connectivity index (χ1n) is 19.5. The third-order valence-corrected chi connectivity index (χ3v) is 12.8. The van der Waals surface area contributed by atoms with Gasteiger partial charge in [0.15, 0.2) is 17.5 Å². The van der Waals surface area contributed by atoms with Gasteiger partial charge in [-0.3, -0.25) is 19.2 Å². The van der Waals surface area contributed by atoms with Crippen molar-refractivity contribution in [3.63, 3.8) is 0 Å². The largest absolute Gasteiger partial charge is 0.461 e. The zero-order valence-corrected chi connectivity index (χ0v) is 34.4. The maximum absolute atomic E-state index is 15.2. The molecule has 1 saturated heterocycles. The Morgan fingerprint density at radius 2 is 1.69 bits per heavy atom. The molecule has 1 aromatic rings. The van der Waals surface area contributed by atoms with Crippen molar-refractivity contribution in [2.75, 3.05) is 6.61 Å². The van der Waals surface area contributed by atoms with Crippen LogP contribution in [0.25, 0.3) is 0 Å². The van der Waals surface area contributed by atoms with E-state index in [9.17, 15) is 39.3 Å². The molecule has 1 amide bonds. The van der Waals surface area contributed by atoms with Gasteiger partial charge < -0.3 is 44.3 Å². The molecule has 2 bridgehead atoms. The molecule has 3 aliphatic carbocycles. The zero-order chi connectivity index (χ0) is 43.1.